The van der Waals surface area contributed by atoms with Crippen molar-refractivity contribution in [2.45, 2.75) is 6.42 Å². The van der Waals surface area contributed by atoms with Crippen LogP contribution in [0.2, 0.25) is 0 Å². The van der Waals surface area contributed by atoms with E-state index in [-0.39, 0.29) is 18.3 Å². The molecule has 2 rings (SSSR count). The van der Waals surface area contributed by atoms with Crippen LogP contribution in [0.1, 0.15) is 5.56 Å². The Labute approximate surface area is 122 Å². The van der Waals surface area contributed by atoms with Gasteiger partial charge < -0.3 is 15.2 Å². The van der Waals surface area contributed by atoms with Crippen molar-refractivity contribution in [3.8, 4) is 11.8 Å². The Bertz CT molecular complexity index is 624. The molecule has 0 fully saturated rings. The lowest BCUT2D eigenvalue weighted by Crippen LogP contribution is -2.17. The molecule has 0 spiro atoms. The van der Waals surface area contributed by atoms with Crippen molar-refractivity contribution >= 4 is 17.5 Å². The van der Waals surface area contributed by atoms with Gasteiger partial charge >= 0.3 is 0 Å². The van der Waals surface area contributed by atoms with Crippen LogP contribution >= 0.6 is 0 Å². The molecule has 0 radical (unpaired) electrons. The Kier molecular flexibility index (Phi) is 4.55. The zero-order chi connectivity index (χ0) is 15.2. The lowest BCUT2D eigenvalue weighted by Gasteiger charge is -2.07. The maximum atomic E-state index is 12.0. The molecule has 21 heavy (non-hydrogen) atoms. The summed E-state index contributed by atoms with van der Waals surface area (Å²) in [7, 11) is 2.94. The van der Waals surface area contributed by atoms with Crippen LogP contribution in [0, 0.1) is 0 Å². The van der Waals surface area contributed by atoms with E-state index in [1.54, 1.807) is 18.2 Å². The highest BCUT2D eigenvalue weighted by Gasteiger charge is 2.10. The van der Waals surface area contributed by atoms with Crippen LogP contribution in [0.5, 0.6) is 11.8 Å². The second-order valence-corrected chi connectivity index (χ2v) is 4.25. The van der Waals surface area contributed by atoms with E-state index in [9.17, 15) is 4.79 Å². The van der Waals surface area contributed by atoms with Crippen LogP contribution in [-0.2, 0) is 11.2 Å². The number of nitrogens with one attached hydrogen (secondary N) is 1. The van der Waals surface area contributed by atoms with Gasteiger partial charge in [0.25, 0.3) is 0 Å². The molecule has 2 aromatic rings. The van der Waals surface area contributed by atoms with Gasteiger partial charge in [-0.25, -0.2) is 0 Å². The molecule has 0 saturated heterocycles. The minimum absolute atomic E-state index is 0.125. The fraction of sp³-hybridized carbons (Fsp3) is 0.214. The highest BCUT2D eigenvalue weighted by Crippen LogP contribution is 2.17. The number of nitrogens with two attached hydrogens (primary N) is 1. The van der Waals surface area contributed by atoms with Gasteiger partial charge in [-0.3, -0.25) is 10.1 Å². The SMILES string of the molecule is COc1cc(OC)nc(NC(=O)Cc2cccc(N)c2)n1. The minimum atomic E-state index is -0.254. The topological polar surface area (TPSA) is 99.4 Å². The molecule has 1 amide bonds. The van der Waals surface area contributed by atoms with Gasteiger partial charge in [-0.1, -0.05) is 12.1 Å². The normalized spacial score (nSPS) is 10.0. The quantitative estimate of drug-likeness (QED) is 0.803. The highest BCUT2D eigenvalue weighted by molar-refractivity contribution is 5.90. The number of amides is 1. The number of aromatic nitrogens is 2. The number of methoxy groups -OCH3 is 2. The molecule has 7 nitrogen and oxygen atoms in total. The zero-order valence-corrected chi connectivity index (χ0v) is 11.8. The number of hydrogen-bond acceptors (Lipinski definition) is 6. The largest absolute Gasteiger partial charge is 0.481 e. The summed E-state index contributed by atoms with van der Waals surface area (Å²) in [6.45, 7) is 0. The smallest absolute Gasteiger partial charge is 0.236 e. The van der Waals surface area contributed by atoms with Crippen LogP contribution in [0.3, 0.4) is 0 Å². The molecular weight excluding hydrogens is 272 g/mol. The first kappa shape index (κ1) is 14.6. The van der Waals surface area contributed by atoms with Crippen LogP contribution in [-0.4, -0.2) is 30.1 Å². The van der Waals surface area contributed by atoms with Crippen molar-refractivity contribution < 1.29 is 14.3 Å². The molecule has 0 aliphatic rings. The maximum Gasteiger partial charge on any atom is 0.236 e. The summed E-state index contributed by atoms with van der Waals surface area (Å²) in [6.07, 6.45) is 0.175. The summed E-state index contributed by atoms with van der Waals surface area (Å²) < 4.78 is 10.0. The average Bonchev–Trinajstić information content (AvgIpc) is 2.46. The van der Waals surface area contributed by atoms with Gasteiger partial charge in [-0.2, -0.15) is 9.97 Å². The van der Waals surface area contributed by atoms with Gasteiger partial charge in [0.2, 0.25) is 23.6 Å². The third-order valence-electron chi connectivity index (χ3n) is 2.66. The van der Waals surface area contributed by atoms with Gasteiger partial charge in [0.05, 0.1) is 26.7 Å². The van der Waals surface area contributed by atoms with E-state index >= 15 is 0 Å². The Balaban J connectivity index is 2.08. The molecule has 0 atom stereocenters. The van der Waals surface area contributed by atoms with E-state index in [0.29, 0.717) is 17.4 Å². The first-order chi connectivity index (χ1) is 10.1. The Morgan fingerprint density at radius 3 is 2.43 bits per heavy atom. The first-order valence-corrected chi connectivity index (χ1v) is 6.22. The number of carbonyl (C=O) groups is 1. The van der Waals surface area contributed by atoms with Crippen LogP contribution in [0.25, 0.3) is 0 Å². The molecule has 1 aromatic heterocycles. The molecule has 0 unspecified atom stereocenters. The van der Waals surface area contributed by atoms with Crippen molar-refractivity contribution in [3.63, 3.8) is 0 Å². The second kappa shape index (κ2) is 6.56. The number of anilines is 2. The van der Waals surface area contributed by atoms with Crippen molar-refractivity contribution in [3.05, 3.63) is 35.9 Å². The first-order valence-electron chi connectivity index (χ1n) is 6.22. The van der Waals surface area contributed by atoms with Crippen molar-refractivity contribution in [2.75, 3.05) is 25.3 Å². The van der Waals surface area contributed by atoms with Crippen molar-refractivity contribution in [2.24, 2.45) is 0 Å². The van der Waals surface area contributed by atoms with Crippen molar-refractivity contribution in [1.29, 1.82) is 0 Å². The van der Waals surface area contributed by atoms with E-state index in [0.717, 1.165) is 5.56 Å². The third kappa shape index (κ3) is 4.07. The van der Waals surface area contributed by atoms with Gasteiger partial charge in [-0.15, -0.1) is 0 Å². The number of nitrogen functional groups attached to an aromatic ring is 1. The van der Waals surface area contributed by atoms with E-state index in [4.69, 9.17) is 15.2 Å². The molecule has 110 valence electrons. The third-order valence-corrected chi connectivity index (χ3v) is 2.66. The summed E-state index contributed by atoms with van der Waals surface area (Å²) in [4.78, 5) is 20.0. The number of ether oxygens (including phenoxy) is 2. The van der Waals surface area contributed by atoms with E-state index < -0.39 is 0 Å². The molecule has 0 saturated carbocycles. The number of hydrogen-bond donors (Lipinski definition) is 2. The minimum Gasteiger partial charge on any atom is -0.481 e. The van der Waals surface area contributed by atoms with E-state index in [2.05, 4.69) is 15.3 Å². The Morgan fingerprint density at radius 1 is 1.19 bits per heavy atom. The Hall–Kier alpha value is -2.83. The molecule has 0 bridgehead atoms. The molecule has 1 heterocycles. The van der Waals surface area contributed by atoms with E-state index in [1.165, 1.54) is 20.3 Å². The standard InChI is InChI=1S/C14H16N4O3/c1-20-12-8-13(21-2)18-14(17-12)16-11(19)7-9-4-3-5-10(15)6-9/h3-6,8H,7,15H2,1-2H3,(H,16,17,18,19). The second-order valence-electron chi connectivity index (χ2n) is 4.25. The van der Waals surface area contributed by atoms with Crippen LogP contribution in [0.15, 0.2) is 30.3 Å². The fourth-order valence-electron chi connectivity index (χ4n) is 1.73. The summed E-state index contributed by atoms with van der Waals surface area (Å²) in [5.74, 6) is 0.484. The summed E-state index contributed by atoms with van der Waals surface area (Å²) in [5, 5.41) is 2.60. The fourth-order valence-corrected chi connectivity index (χ4v) is 1.73. The van der Waals surface area contributed by atoms with Gasteiger partial charge in [0.1, 0.15) is 0 Å². The average molecular weight is 288 g/mol. The monoisotopic (exact) mass is 288 g/mol. The molecule has 0 aliphatic heterocycles. The summed E-state index contributed by atoms with van der Waals surface area (Å²) in [5.41, 5.74) is 7.09. The number of nitrogens with zero attached hydrogens (tertiary/aromatic N) is 2. The zero-order valence-electron chi connectivity index (χ0n) is 11.8. The lowest BCUT2D eigenvalue weighted by molar-refractivity contribution is -0.115. The van der Waals surface area contributed by atoms with Crippen molar-refractivity contribution in [1.82, 2.24) is 9.97 Å². The van der Waals surface area contributed by atoms with Gasteiger partial charge in [0.15, 0.2) is 0 Å². The Morgan fingerprint density at radius 2 is 1.86 bits per heavy atom. The summed E-state index contributed by atoms with van der Waals surface area (Å²) >= 11 is 0. The van der Waals surface area contributed by atoms with Gasteiger partial charge in [0, 0.05) is 5.69 Å². The van der Waals surface area contributed by atoms with E-state index in [1.807, 2.05) is 6.07 Å². The molecular formula is C14H16N4O3. The predicted octanol–water partition coefficient (Wildman–Crippen LogP) is 1.26. The van der Waals surface area contributed by atoms with Gasteiger partial charge in [-0.05, 0) is 17.7 Å². The number of benzene rings is 1. The predicted molar refractivity (Wildman–Crippen MR) is 78.3 cm³/mol. The highest BCUT2D eigenvalue weighted by atomic mass is 16.5. The molecule has 7 heteroatoms. The number of carbonyl (C=O) groups excluding carboxylic acids is 1. The molecule has 0 aliphatic carbocycles. The van der Waals surface area contributed by atoms with Crippen LogP contribution < -0.4 is 20.5 Å². The maximum absolute atomic E-state index is 12.0. The molecule has 3 N–H and O–H groups in total. The summed E-state index contributed by atoms with van der Waals surface area (Å²) in [6, 6.07) is 8.64. The lowest BCUT2D eigenvalue weighted by atomic mass is 10.1. The number of rotatable bonds is 5. The van der Waals surface area contributed by atoms with Crippen LogP contribution in [0.4, 0.5) is 11.6 Å². The molecule has 1 aromatic carbocycles.